The van der Waals surface area contributed by atoms with Gasteiger partial charge in [0.05, 0.1) is 32.1 Å². The summed E-state index contributed by atoms with van der Waals surface area (Å²) in [5.74, 6) is 2.78. The van der Waals surface area contributed by atoms with Gasteiger partial charge in [0.1, 0.15) is 11.6 Å². The first-order valence-corrected chi connectivity index (χ1v) is 10.8. The van der Waals surface area contributed by atoms with Crippen molar-refractivity contribution in [3.05, 3.63) is 66.0 Å². The maximum atomic E-state index is 10.3. The molecule has 7 heteroatoms. The molecule has 1 atom stereocenters. The molecule has 29 heavy (non-hydrogen) atoms. The van der Waals surface area contributed by atoms with Crippen molar-refractivity contribution < 1.29 is 14.6 Å². The number of aliphatic hydroxyl groups excluding tert-OH is 1. The lowest BCUT2D eigenvalue weighted by molar-refractivity contribution is 0.0390. The molecule has 6 nitrogen and oxygen atoms in total. The molecule has 1 heterocycles. The molecule has 1 aliphatic rings. The fourth-order valence-corrected chi connectivity index (χ4v) is 3.81. The van der Waals surface area contributed by atoms with E-state index in [4.69, 9.17) is 14.5 Å². The lowest BCUT2D eigenvalue weighted by Crippen LogP contribution is -2.18. The van der Waals surface area contributed by atoms with E-state index in [0.29, 0.717) is 23.4 Å². The van der Waals surface area contributed by atoms with Crippen molar-refractivity contribution in [3.63, 3.8) is 0 Å². The molecule has 0 amide bonds. The number of ether oxygens (including phenoxy) is 2. The molecular weight excluding hydrogens is 386 g/mol. The number of methoxy groups -OCH3 is 1. The summed E-state index contributed by atoms with van der Waals surface area (Å²) in [6, 6.07) is 17.8. The average Bonchev–Trinajstić information content (AvgIpc) is 3.52. The molecular formula is C22H25N3O3S. The van der Waals surface area contributed by atoms with Crippen LogP contribution in [0.3, 0.4) is 0 Å². The van der Waals surface area contributed by atoms with Crippen molar-refractivity contribution in [2.45, 2.75) is 36.6 Å². The fraction of sp³-hybridized carbons (Fsp3) is 0.364. The van der Waals surface area contributed by atoms with Crippen molar-refractivity contribution in [2.75, 3.05) is 19.5 Å². The minimum Gasteiger partial charge on any atom is -0.496 e. The summed E-state index contributed by atoms with van der Waals surface area (Å²) in [6.07, 6.45) is 1.73. The largest absolute Gasteiger partial charge is 0.496 e. The van der Waals surface area contributed by atoms with E-state index in [9.17, 15) is 5.11 Å². The van der Waals surface area contributed by atoms with Crippen LogP contribution >= 0.6 is 11.8 Å². The predicted octanol–water partition coefficient (Wildman–Crippen LogP) is 3.82. The number of nitrogens with zero attached hydrogens (tertiary/aromatic N) is 3. The normalized spacial score (nSPS) is 14.7. The van der Waals surface area contributed by atoms with Crippen molar-refractivity contribution in [1.82, 2.24) is 14.8 Å². The Kier molecular flexibility index (Phi) is 6.49. The predicted molar refractivity (Wildman–Crippen MR) is 113 cm³/mol. The molecule has 1 unspecified atom stereocenters. The van der Waals surface area contributed by atoms with Crippen molar-refractivity contribution >= 4 is 11.8 Å². The second-order valence-corrected chi connectivity index (χ2v) is 8.05. The van der Waals surface area contributed by atoms with Gasteiger partial charge in [-0.3, -0.25) is 0 Å². The number of thioether (sulfide) groups is 1. The highest BCUT2D eigenvalue weighted by atomic mass is 32.2. The Morgan fingerprint density at radius 2 is 1.90 bits per heavy atom. The van der Waals surface area contributed by atoms with E-state index in [-0.39, 0.29) is 6.61 Å². The van der Waals surface area contributed by atoms with E-state index in [1.165, 1.54) is 11.8 Å². The van der Waals surface area contributed by atoms with Crippen LogP contribution in [-0.4, -0.2) is 45.4 Å². The third-order valence-corrected chi connectivity index (χ3v) is 5.70. The van der Waals surface area contributed by atoms with Gasteiger partial charge in [-0.15, -0.1) is 5.10 Å². The summed E-state index contributed by atoms with van der Waals surface area (Å²) in [4.78, 5) is 4.72. The minimum absolute atomic E-state index is 0.250. The maximum Gasteiger partial charge on any atom is 0.209 e. The van der Waals surface area contributed by atoms with Gasteiger partial charge in [0.2, 0.25) is 5.16 Å². The zero-order chi connectivity index (χ0) is 20.1. The number of aliphatic hydroxyl groups is 1. The molecule has 0 bridgehead atoms. The summed E-state index contributed by atoms with van der Waals surface area (Å²) in [7, 11) is 1.64. The first kappa shape index (κ1) is 19.9. The number of hydrogen-bond acceptors (Lipinski definition) is 6. The highest BCUT2D eigenvalue weighted by Gasteiger charge is 2.30. The quantitative estimate of drug-likeness (QED) is 0.512. The highest BCUT2D eigenvalue weighted by molar-refractivity contribution is 7.99. The van der Waals surface area contributed by atoms with Crippen LogP contribution in [0, 0.1) is 0 Å². The average molecular weight is 412 g/mol. The molecule has 1 aromatic heterocycles. The van der Waals surface area contributed by atoms with Crippen LogP contribution in [0.1, 0.15) is 30.1 Å². The first-order chi connectivity index (χ1) is 14.2. The molecule has 1 aliphatic carbocycles. The molecule has 1 fully saturated rings. The monoisotopic (exact) mass is 411 g/mol. The molecule has 4 rings (SSSR count). The second kappa shape index (κ2) is 9.43. The van der Waals surface area contributed by atoms with Gasteiger partial charge in [0, 0.05) is 17.2 Å². The molecule has 1 N–H and O–H groups in total. The number of hydrogen-bond donors (Lipinski definition) is 1. The zero-order valence-electron chi connectivity index (χ0n) is 16.4. The molecule has 0 spiro atoms. The Balaban J connectivity index is 1.31. The van der Waals surface area contributed by atoms with E-state index in [2.05, 4.69) is 5.10 Å². The molecule has 2 aromatic carbocycles. The van der Waals surface area contributed by atoms with E-state index >= 15 is 0 Å². The van der Waals surface area contributed by atoms with Crippen LogP contribution in [0.25, 0.3) is 5.69 Å². The Hall–Kier alpha value is -2.35. The Morgan fingerprint density at radius 3 is 2.66 bits per heavy atom. The van der Waals surface area contributed by atoms with Crippen molar-refractivity contribution in [3.8, 4) is 11.4 Å². The Labute approximate surface area is 174 Å². The van der Waals surface area contributed by atoms with Gasteiger partial charge < -0.3 is 14.6 Å². The third kappa shape index (κ3) is 5.18. The number of benzene rings is 2. The standard InChI is InChI=1S/C22H25N3O3S/c1-27-20-10-6-5-7-17(20)13-28-14-19(26)15-29-22-23-21(16-11-12-16)25(24-22)18-8-3-2-4-9-18/h2-10,16,19,26H,11-15H2,1H3. The van der Waals surface area contributed by atoms with Crippen LogP contribution < -0.4 is 4.74 Å². The van der Waals surface area contributed by atoms with Gasteiger partial charge in [-0.05, 0) is 31.0 Å². The van der Waals surface area contributed by atoms with Gasteiger partial charge in [-0.1, -0.05) is 48.2 Å². The van der Waals surface area contributed by atoms with Crippen molar-refractivity contribution in [1.29, 1.82) is 0 Å². The summed E-state index contributed by atoms with van der Waals surface area (Å²) in [5, 5.41) is 15.6. The summed E-state index contributed by atoms with van der Waals surface area (Å²) < 4.78 is 12.9. The summed E-state index contributed by atoms with van der Waals surface area (Å²) in [6.45, 7) is 0.651. The summed E-state index contributed by atoms with van der Waals surface area (Å²) >= 11 is 1.46. The van der Waals surface area contributed by atoms with E-state index in [1.807, 2.05) is 59.3 Å². The fourth-order valence-electron chi connectivity index (χ4n) is 3.08. The molecule has 0 saturated heterocycles. The maximum absolute atomic E-state index is 10.3. The highest BCUT2D eigenvalue weighted by Crippen LogP contribution is 2.40. The van der Waals surface area contributed by atoms with Gasteiger partial charge in [-0.25, -0.2) is 9.67 Å². The molecule has 0 radical (unpaired) electrons. The van der Waals surface area contributed by atoms with Crippen LogP contribution in [0.5, 0.6) is 5.75 Å². The molecule has 0 aliphatic heterocycles. The van der Waals surface area contributed by atoms with Gasteiger partial charge in [0.15, 0.2) is 0 Å². The van der Waals surface area contributed by atoms with E-state index in [1.54, 1.807) is 7.11 Å². The van der Waals surface area contributed by atoms with Gasteiger partial charge >= 0.3 is 0 Å². The summed E-state index contributed by atoms with van der Waals surface area (Å²) in [5.41, 5.74) is 1.99. The molecule has 152 valence electrons. The van der Waals surface area contributed by atoms with Crippen molar-refractivity contribution in [2.24, 2.45) is 0 Å². The molecule has 1 saturated carbocycles. The number of aromatic nitrogens is 3. The van der Waals surface area contributed by atoms with Gasteiger partial charge in [-0.2, -0.15) is 0 Å². The number of rotatable bonds is 10. The smallest absolute Gasteiger partial charge is 0.209 e. The second-order valence-electron chi connectivity index (χ2n) is 7.07. The van der Waals surface area contributed by atoms with Crippen LogP contribution in [0.2, 0.25) is 0 Å². The first-order valence-electron chi connectivity index (χ1n) is 9.77. The minimum atomic E-state index is -0.595. The van der Waals surface area contributed by atoms with Gasteiger partial charge in [0.25, 0.3) is 0 Å². The van der Waals surface area contributed by atoms with E-state index in [0.717, 1.165) is 35.7 Å². The van der Waals surface area contributed by atoms with Crippen LogP contribution in [-0.2, 0) is 11.3 Å². The molecule has 3 aromatic rings. The van der Waals surface area contributed by atoms with Crippen LogP contribution in [0.15, 0.2) is 59.8 Å². The zero-order valence-corrected chi connectivity index (χ0v) is 17.2. The third-order valence-electron chi connectivity index (χ3n) is 4.72. The topological polar surface area (TPSA) is 69.4 Å². The van der Waals surface area contributed by atoms with E-state index < -0.39 is 6.10 Å². The Bertz CT molecular complexity index is 928. The SMILES string of the molecule is COc1ccccc1COCC(O)CSc1nc(C2CC2)n(-c2ccccc2)n1. The van der Waals surface area contributed by atoms with Crippen LogP contribution in [0.4, 0.5) is 0 Å². The lowest BCUT2D eigenvalue weighted by atomic mass is 10.2. The number of para-hydroxylation sites is 2. The lowest BCUT2D eigenvalue weighted by Gasteiger charge is -2.12. The Morgan fingerprint density at radius 1 is 1.14 bits per heavy atom.